The molecule has 1 aromatic carbocycles. The van der Waals surface area contributed by atoms with Crippen molar-refractivity contribution < 1.29 is 0 Å². The average molecular weight is 175 g/mol. The molecular weight excluding hydrogens is 158 g/mol. The summed E-state index contributed by atoms with van der Waals surface area (Å²) in [7, 11) is 0. The molecule has 13 heavy (non-hydrogen) atoms. The summed E-state index contributed by atoms with van der Waals surface area (Å²) >= 11 is 0. The smallest absolute Gasteiger partial charge is 0.0323 e. The van der Waals surface area contributed by atoms with Crippen molar-refractivity contribution in [1.82, 2.24) is 0 Å². The van der Waals surface area contributed by atoms with Gasteiger partial charge < -0.3 is 5.73 Å². The second-order valence-electron chi connectivity index (χ2n) is 4.13. The Labute approximate surface area is 80.0 Å². The Morgan fingerprint density at radius 3 is 2.31 bits per heavy atom. The van der Waals surface area contributed by atoms with E-state index in [1.54, 1.807) is 0 Å². The van der Waals surface area contributed by atoms with Gasteiger partial charge in [-0.15, -0.1) is 0 Å². The molecule has 0 bridgehead atoms. The van der Waals surface area contributed by atoms with E-state index < -0.39 is 0 Å². The SMILES string of the molecule is Cc1ccc(C(N)C2CCC2)cc1. The van der Waals surface area contributed by atoms with E-state index in [-0.39, 0.29) is 6.04 Å². The van der Waals surface area contributed by atoms with Crippen LogP contribution in [-0.2, 0) is 0 Å². The van der Waals surface area contributed by atoms with Crippen molar-refractivity contribution in [2.75, 3.05) is 0 Å². The molecule has 0 spiro atoms. The fourth-order valence-corrected chi connectivity index (χ4v) is 1.86. The monoisotopic (exact) mass is 175 g/mol. The van der Waals surface area contributed by atoms with E-state index in [1.165, 1.54) is 30.4 Å². The first kappa shape index (κ1) is 8.76. The molecule has 0 heterocycles. The van der Waals surface area contributed by atoms with Crippen LogP contribution in [0.25, 0.3) is 0 Å². The molecule has 1 saturated carbocycles. The van der Waals surface area contributed by atoms with E-state index in [1.807, 2.05) is 0 Å². The third kappa shape index (κ3) is 1.75. The third-order valence-electron chi connectivity index (χ3n) is 3.12. The zero-order valence-corrected chi connectivity index (χ0v) is 8.16. The van der Waals surface area contributed by atoms with Crippen LogP contribution in [0.2, 0.25) is 0 Å². The molecule has 1 aliphatic carbocycles. The molecule has 2 rings (SSSR count). The molecule has 70 valence electrons. The number of aryl methyl sites for hydroxylation is 1. The first-order valence-electron chi connectivity index (χ1n) is 5.09. The summed E-state index contributed by atoms with van der Waals surface area (Å²) in [5.74, 6) is 0.739. The van der Waals surface area contributed by atoms with Gasteiger partial charge in [-0.3, -0.25) is 0 Å². The molecule has 1 unspecified atom stereocenters. The van der Waals surface area contributed by atoms with E-state index in [9.17, 15) is 0 Å². The van der Waals surface area contributed by atoms with Crippen LogP contribution in [0.4, 0.5) is 0 Å². The van der Waals surface area contributed by atoms with Gasteiger partial charge in [0.2, 0.25) is 0 Å². The molecule has 1 aliphatic rings. The Morgan fingerprint density at radius 2 is 1.85 bits per heavy atom. The molecule has 0 saturated heterocycles. The Hall–Kier alpha value is -0.820. The molecule has 1 heteroatoms. The van der Waals surface area contributed by atoms with Gasteiger partial charge in [0.25, 0.3) is 0 Å². The Balaban J connectivity index is 2.10. The Bertz CT molecular complexity index is 272. The van der Waals surface area contributed by atoms with Crippen molar-refractivity contribution in [3.05, 3.63) is 35.4 Å². The lowest BCUT2D eigenvalue weighted by molar-refractivity contribution is 0.264. The van der Waals surface area contributed by atoms with Crippen molar-refractivity contribution in [2.45, 2.75) is 32.2 Å². The minimum Gasteiger partial charge on any atom is -0.324 e. The number of benzene rings is 1. The van der Waals surface area contributed by atoms with E-state index in [4.69, 9.17) is 5.73 Å². The van der Waals surface area contributed by atoms with Crippen LogP contribution in [0.5, 0.6) is 0 Å². The maximum Gasteiger partial charge on any atom is 0.0323 e. The van der Waals surface area contributed by atoms with E-state index in [0.717, 1.165) is 5.92 Å². The van der Waals surface area contributed by atoms with Crippen LogP contribution < -0.4 is 5.73 Å². The van der Waals surface area contributed by atoms with E-state index in [2.05, 4.69) is 31.2 Å². The van der Waals surface area contributed by atoms with Crippen LogP contribution in [0, 0.1) is 12.8 Å². The van der Waals surface area contributed by atoms with Gasteiger partial charge >= 0.3 is 0 Å². The molecule has 2 N–H and O–H groups in total. The van der Waals surface area contributed by atoms with Gasteiger partial charge in [-0.2, -0.15) is 0 Å². The van der Waals surface area contributed by atoms with Crippen molar-refractivity contribution >= 4 is 0 Å². The number of hydrogen-bond acceptors (Lipinski definition) is 1. The Kier molecular flexibility index (Phi) is 2.36. The summed E-state index contributed by atoms with van der Waals surface area (Å²) in [6.07, 6.45) is 3.99. The highest BCUT2D eigenvalue weighted by Gasteiger charge is 2.25. The molecule has 0 aromatic heterocycles. The largest absolute Gasteiger partial charge is 0.324 e. The highest BCUT2D eigenvalue weighted by Crippen LogP contribution is 2.35. The van der Waals surface area contributed by atoms with Gasteiger partial charge in [0.1, 0.15) is 0 Å². The molecule has 0 amide bonds. The predicted octanol–water partition coefficient (Wildman–Crippen LogP) is 2.79. The molecule has 1 aromatic rings. The molecule has 1 fully saturated rings. The Morgan fingerprint density at radius 1 is 1.23 bits per heavy atom. The van der Waals surface area contributed by atoms with Crippen LogP contribution in [0.1, 0.15) is 36.4 Å². The number of hydrogen-bond donors (Lipinski definition) is 1. The maximum absolute atomic E-state index is 6.15. The molecular formula is C12H17N. The fraction of sp³-hybridized carbons (Fsp3) is 0.500. The minimum atomic E-state index is 0.273. The summed E-state index contributed by atoms with van der Waals surface area (Å²) in [6, 6.07) is 8.90. The first-order valence-corrected chi connectivity index (χ1v) is 5.09. The molecule has 1 atom stereocenters. The zero-order valence-electron chi connectivity index (χ0n) is 8.16. The van der Waals surface area contributed by atoms with E-state index in [0.29, 0.717) is 0 Å². The minimum absolute atomic E-state index is 0.273. The maximum atomic E-state index is 6.15. The molecule has 1 nitrogen and oxygen atoms in total. The summed E-state index contributed by atoms with van der Waals surface area (Å²) in [5, 5.41) is 0. The summed E-state index contributed by atoms with van der Waals surface area (Å²) in [4.78, 5) is 0. The quantitative estimate of drug-likeness (QED) is 0.735. The second-order valence-corrected chi connectivity index (χ2v) is 4.13. The van der Waals surface area contributed by atoms with Crippen molar-refractivity contribution in [1.29, 1.82) is 0 Å². The van der Waals surface area contributed by atoms with Crippen molar-refractivity contribution in [2.24, 2.45) is 11.7 Å². The van der Waals surface area contributed by atoms with Crippen molar-refractivity contribution in [3.8, 4) is 0 Å². The lowest BCUT2D eigenvalue weighted by Gasteiger charge is -2.31. The summed E-state index contributed by atoms with van der Waals surface area (Å²) in [5.41, 5.74) is 8.76. The second kappa shape index (κ2) is 3.51. The lowest BCUT2D eigenvalue weighted by atomic mass is 9.77. The number of rotatable bonds is 2. The third-order valence-corrected chi connectivity index (χ3v) is 3.12. The van der Waals surface area contributed by atoms with Crippen molar-refractivity contribution in [3.63, 3.8) is 0 Å². The highest BCUT2D eigenvalue weighted by atomic mass is 14.7. The normalized spacial score (nSPS) is 19.5. The lowest BCUT2D eigenvalue weighted by Crippen LogP contribution is -2.26. The summed E-state index contributed by atoms with van der Waals surface area (Å²) in [6.45, 7) is 2.11. The first-order chi connectivity index (χ1) is 6.27. The summed E-state index contributed by atoms with van der Waals surface area (Å²) < 4.78 is 0. The molecule has 0 aliphatic heterocycles. The van der Waals surface area contributed by atoms with Crippen LogP contribution in [-0.4, -0.2) is 0 Å². The standard InChI is InChI=1S/C12H17N/c1-9-5-7-11(8-6-9)12(13)10-3-2-4-10/h5-8,10,12H,2-4,13H2,1H3. The van der Waals surface area contributed by atoms with Gasteiger partial charge in [0.05, 0.1) is 0 Å². The van der Waals surface area contributed by atoms with Gasteiger partial charge in [-0.25, -0.2) is 0 Å². The van der Waals surface area contributed by atoms with Gasteiger partial charge in [-0.05, 0) is 31.2 Å². The number of nitrogens with two attached hydrogens (primary N) is 1. The van der Waals surface area contributed by atoms with Crippen LogP contribution >= 0.6 is 0 Å². The van der Waals surface area contributed by atoms with Gasteiger partial charge in [0.15, 0.2) is 0 Å². The highest BCUT2D eigenvalue weighted by molar-refractivity contribution is 5.24. The van der Waals surface area contributed by atoms with Crippen LogP contribution in [0.15, 0.2) is 24.3 Å². The van der Waals surface area contributed by atoms with Gasteiger partial charge in [0, 0.05) is 6.04 Å². The van der Waals surface area contributed by atoms with Crippen LogP contribution in [0.3, 0.4) is 0 Å². The zero-order chi connectivity index (χ0) is 9.26. The van der Waals surface area contributed by atoms with E-state index >= 15 is 0 Å². The average Bonchev–Trinajstić information content (AvgIpc) is 2.02. The predicted molar refractivity (Wildman–Crippen MR) is 55.4 cm³/mol. The molecule has 0 radical (unpaired) electrons. The topological polar surface area (TPSA) is 26.0 Å². The fourth-order valence-electron chi connectivity index (χ4n) is 1.86. The van der Waals surface area contributed by atoms with Gasteiger partial charge in [-0.1, -0.05) is 36.2 Å².